The van der Waals surface area contributed by atoms with Crippen LogP contribution in [0.1, 0.15) is 28.9 Å². The Kier molecular flexibility index (Phi) is 6.52. The number of furan rings is 1. The van der Waals surface area contributed by atoms with Crippen LogP contribution in [0.5, 0.6) is 5.75 Å². The number of rotatable bonds is 10. The molecule has 2 aromatic heterocycles. The molecular weight excluding hydrogens is 410 g/mol. The average Bonchev–Trinajstić information content (AvgIpc) is 3.41. The van der Waals surface area contributed by atoms with E-state index in [-0.39, 0.29) is 18.1 Å². The number of ether oxygens (including phenoxy) is 1. The Balaban J connectivity index is 1.42. The molecule has 2 aromatic carbocycles. The summed E-state index contributed by atoms with van der Waals surface area (Å²) < 4.78 is 13.4. The Morgan fingerprint density at radius 2 is 2.00 bits per heavy atom. The smallest absolute Gasteiger partial charge is 0.208 e. The van der Waals surface area contributed by atoms with Gasteiger partial charge >= 0.3 is 0 Å². The zero-order chi connectivity index (χ0) is 21.6. The molecule has 4 rings (SSSR count). The van der Waals surface area contributed by atoms with Crippen LogP contribution in [-0.2, 0) is 19.6 Å². The first-order valence-electron chi connectivity index (χ1n) is 10.1. The zero-order valence-electron chi connectivity index (χ0n) is 17.3. The van der Waals surface area contributed by atoms with E-state index < -0.39 is 0 Å². The zero-order valence-corrected chi connectivity index (χ0v) is 18.1. The van der Waals surface area contributed by atoms with Crippen LogP contribution in [0.4, 0.5) is 0 Å². The molecule has 7 heteroatoms. The molecule has 158 valence electrons. The van der Waals surface area contributed by atoms with Gasteiger partial charge in [-0.1, -0.05) is 55.1 Å². The molecule has 0 amide bonds. The van der Waals surface area contributed by atoms with E-state index in [9.17, 15) is 4.79 Å². The molecule has 0 saturated carbocycles. The summed E-state index contributed by atoms with van der Waals surface area (Å²) in [4.78, 5) is 12.6. The van der Waals surface area contributed by atoms with E-state index in [0.717, 1.165) is 17.6 Å². The van der Waals surface area contributed by atoms with Crippen molar-refractivity contribution in [3.05, 3.63) is 84.4 Å². The van der Waals surface area contributed by atoms with Crippen LogP contribution < -0.4 is 4.74 Å². The molecule has 0 N–H and O–H groups in total. The first-order chi connectivity index (χ1) is 15.2. The van der Waals surface area contributed by atoms with Crippen LogP contribution in [0, 0.1) is 0 Å². The monoisotopic (exact) mass is 433 g/mol. The molecule has 0 bridgehead atoms. The van der Waals surface area contributed by atoms with Gasteiger partial charge in [0.05, 0.1) is 5.75 Å². The first kappa shape index (κ1) is 20.9. The number of benzene rings is 2. The maximum absolute atomic E-state index is 12.6. The molecule has 2 heterocycles. The minimum atomic E-state index is -0.0943. The summed E-state index contributed by atoms with van der Waals surface area (Å²) in [7, 11) is 0. The van der Waals surface area contributed by atoms with E-state index >= 15 is 0 Å². The molecule has 0 aliphatic heterocycles. The Labute approximate surface area is 184 Å². The third kappa shape index (κ3) is 4.88. The van der Waals surface area contributed by atoms with Gasteiger partial charge in [0, 0.05) is 11.9 Å². The summed E-state index contributed by atoms with van der Waals surface area (Å²) in [5.74, 6) is 1.91. The fourth-order valence-corrected chi connectivity index (χ4v) is 3.97. The van der Waals surface area contributed by atoms with Crippen molar-refractivity contribution in [1.29, 1.82) is 0 Å². The second-order valence-electron chi connectivity index (χ2n) is 6.94. The van der Waals surface area contributed by atoms with Gasteiger partial charge in [0.25, 0.3) is 0 Å². The second-order valence-corrected chi connectivity index (χ2v) is 7.89. The molecular formula is C24H23N3O3S. The number of aromatic nitrogens is 3. The quantitative estimate of drug-likeness (QED) is 0.191. The predicted octanol–water partition coefficient (Wildman–Crippen LogP) is 5.33. The van der Waals surface area contributed by atoms with E-state index in [0.29, 0.717) is 28.9 Å². The standard InChI is InChI=1S/C24H23N3O3S/c1-3-13-27-23(15-29-19-11-9-17(4-2)10-12-19)25-26-24(27)31-16-20(28)22-14-18-7-5-6-8-21(18)30-22/h3,5-12,14H,1,4,13,15-16H2,2H3. The second kappa shape index (κ2) is 9.66. The summed E-state index contributed by atoms with van der Waals surface area (Å²) >= 11 is 1.32. The number of carbonyl (C=O) groups excluding carboxylic acids is 1. The van der Waals surface area contributed by atoms with Crippen LogP contribution in [0.15, 0.2) is 76.8 Å². The van der Waals surface area contributed by atoms with E-state index in [1.165, 1.54) is 17.3 Å². The Bertz CT molecular complexity index is 1160. The number of nitrogens with zero attached hydrogens (tertiary/aromatic N) is 3. The Morgan fingerprint density at radius 1 is 1.19 bits per heavy atom. The van der Waals surface area contributed by atoms with E-state index in [1.807, 2.05) is 41.0 Å². The van der Waals surface area contributed by atoms with Crippen molar-refractivity contribution in [1.82, 2.24) is 14.8 Å². The molecule has 0 radical (unpaired) electrons. The lowest BCUT2D eigenvalue weighted by Crippen LogP contribution is -2.08. The molecule has 0 fully saturated rings. The first-order valence-corrected chi connectivity index (χ1v) is 11.1. The van der Waals surface area contributed by atoms with Crippen LogP contribution in [0.25, 0.3) is 11.0 Å². The van der Waals surface area contributed by atoms with Crippen molar-refractivity contribution in [2.45, 2.75) is 31.7 Å². The van der Waals surface area contributed by atoms with E-state index in [2.05, 4.69) is 35.8 Å². The van der Waals surface area contributed by atoms with Gasteiger partial charge in [-0.05, 0) is 36.2 Å². The highest BCUT2D eigenvalue weighted by Gasteiger charge is 2.17. The number of hydrogen-bond acceptors (Lipinski definition) is 6. The highest BCUT2D eigenvalue weighted by Crippen LogP contribution is 2.23. The normalized spacial score (nSPS) is 11.0. The highest BCUT2D eigenvalue weighted by atomic mass is 32.2. The lowest BCUT2D eigenvalue weighted by molar-refractivity contribution is 0.0994. The van der Waals surface area contributed by atoms with Crippen molar-refractivity contribution in [2.24, 2.45) is 0 Å². The van der Waals surface area contributed by atoms with Crippen molar-refractivity contribution in [3.8, 4) is 5.75 Å². The van der Waals surface area contributed by atoms with Crippen molar-refractivity contribution < 1.29 is 13.9 Å². The van der Waals surface area contributed by atoms with Gasteiger partial charge in [-0.25, -0.2) is 0 Å². The third-order valence-corrected chi connectivity index (χ3v) is 5.80. The van der Waals surface area contributed by atoms with E-state index in [1.54, 1.807) is 12.1 Å². The minimum Gasteiger partial charge on any atom is -0.486 e. The molecule has 0 aliphatic carbocycles. The number of para-hydroxylation sites is 1. The van der Waals surface area contributed by atoms with Crippen LogP contribution in [-0.4, -0.2) is 26.3 Å². The van der Waals surface area contributed by atoms with Gasteiger partial charge < -0.3 is 9.15 Å². The van der Waals surface area contributed by atoms with Crippen molar-refractivity contribution in [3.63, 3.8) is 0 Å². The van der Waals surface area contributed by atoms with Gasteiger partial charge in [0.1, 0.15) is 17.9 Å². The molecule has 0 unspecified atom stereocenters. The maximum Gasteiger partial charge on any atom is 0.208 e. The number of Topliss-reactive ketones (excluding diaryl/α,β-unsaturated/α-hetero) is 1. The molecule has 4 aromatic rings. The number of ketones is 1. The van der Waals surface area contributed by atoms with Crippen molar-refractivity contribution >= 4 is 28.5 Å². The predicted molar refractivity (Wildman–Crippen MR) is 122 cm³/mol. The lowest BCUT2D eigenvalue weighted by atomic mass is 10.2. The molecule has 0 atom stereocenters. The number of allylic oxidation sites excluding steroid dienone is 1. The Morgan fingerprint density at radius 3 is 2.74 bits per heavy atom. The summed E-state index contributed by atoms with van der Waals surface area (Å²) in [6, 6.07) is 17.4. The fourth-order valence-electron chi connectivity index (χ4n) is 3.13. The lowest BCUT2D eigenvalue weighted by Gasteiger charge is -2.09. The van der Waals surface area contributed by atoms with Gasteiger partial charge in [0.15, 0.2) is 16.7 Å². The number of aryl methyl sites for hydroxylation is 1. The maximum atomic E-state index is 12.6. The molecule has 31 heavy (non-hydrogen) atoms. The topological polar surface area (TPSA) is 70.2 Å². The third-order valence-electron chi connectivity index (χ3n) is 4.84. The van der Waals surface area contributed by atoms with Gasteiger partial charge in [-0.15, -0.1) is 16.8 Å². The summed E-state index contributed by atoms with van der Waals surface area (Å²) in [5.41, 5.74) is 1.96. The fraction of sp³-hybridized carbons (Fsp3) is 0.208. The van der Waals surface area contributed by atoms with Crippen LogP contribution in [0.2, 0.25) is 0 Å². The molecule has 6 nitrogen and oxygen atoms in total. The molecule has 0 aliphatic rings. The highest BCUT2D eigenvalue weighted by molar-refractivity contribution is 7.99. The largest absolute Gasteiger partial charge is 0.486 e. The van der Waals surface area contributed by atoms with Crippen LogP contribution in [0.3, 0.4) is 0 Å². The number of thioether (sulfide) groups is 1. The summed E-state index contributed by atoms with van der Waals surface area (Å²) in [6.07, 6.45) is 2.76. The number of carbonyl (C=O) groups is 1. The average molecular weight is 434 g/mol. The molecule has 0 saturated heterocycles. The van der Waals surface area contributed by atoms with Gasteiger partial charge in [-0.3, -0.25) is 9.36 Å². The molecule has 0 spiro atoms. The van der Waals surface area contributed by atoms with Gasteiger partial charge in [0.2, 0.25) is 5.78 Å². The number of hydrogen-bond donors (Lipinski definition) is 0. The Hall–Kier alpha value is -3.32. The van der Waals surface area contributed by atoms with Crippen LogP contribution >= 0.6 is 11.8 Å². The minimum absolute atomic E-state index is 0.0943. The SMILES string of the molecule is C=CCn1c(COc2ccc(CC)cc2)nnc1SCC(=O)c1cc2ccccc2o1. The van der Waals surface area contributed by atoms with Gasteiger partial charge in [-0.2, -0.15) is 0 Å². The summed E-state index contributed by atoms with van der Waals surface area (Å²) in [5, 5.41) is 10.1. The number of fused-ring (bicyclic) bond motifs is 1. The van der Waals surface area contributed by atoms with Crippen molar-refractivity contribution in [2.75, 3.05) is 5.75 Å². The summed E-state index contributed by atoms with van der Waals surface area (Å²) in [6.45, 7) is 6.74. The van der Waals surface area contributed by atoms with E-state index in [4.69, 9.17) is 9.15 Å².